The van der Waals surface area contributed by atoms with Crippen LogP contribution in [0.5, 0.6) is 0 Å². The number of H-pyrrole nitrogens is 1. The first-order chi connectivity index (χ1) is 24.4. The monoisotopic (exact) mass is 720 g/mol. The molecule has 2 aromatic rings. The van der Waals surface area contributed by atoms with E-state index >= 15 is 0 Å². The van der Waals surface area contributed by atoms with E-state index in [1.165, 1.54) is 19.4 Å². The Kier molecular flexibility index (Phi) is 11.2. The van der Waals surface area contributed by atoms with Crippen molar-refractivity contribution in [1.82, 2.24) is 9.88 Å². The van der Waals surface area contributed by atoms with E-state index < -0.39 is 105 Å². The van der Waals surface area contributed by atoms with E-state index in [0.29, 0.717) is 0 Å². The first-order valence-corrected chi connectivity index (χ1v) is 16.6. The standard InChI is InChI=1S/C34H44N2O15/c1-4-14-16(9-20-24-17(10-23(38)36(20)2)15-7-5-6-8-19(15)35-24)18(31(45)46-3)12-47-32(14)51-34-30(44)28(42)26(40)22(50-34)13-48-33-29(43)27(41)25(39)21(11-37)49-33/h4-8,12,14,16,20-22,25-30,32-35,37,39-44H,1,9-11,13H2,2-3H3/t14-,16+,20-,21-,22-,25-,26-,27+,28+,29-,30-,32+,33+,34+/m1/s1. The lowest BCUT2D eigenvalue weighted by Gasteiger charge is -2.45. The van der Waals surface area contributed by atoms with Crippen LogP contribution in [0.1, 0.15) is 23.7 Å². The minimum absolute atomic E-state index is 0.112. The zero-order valence-electron chi connectivity index (χ0n) is 27.9. The summed E-state index contributed by atoms with van der Waals surface area (Å²) in [5.74, 6) is -2.29. The van der Waals surface area contributed by atoms with Gasteiger partial charge in [0.25, 0.3) is 0 Å². The number of aromatic nitrogens is 1. The highest BCUT2D eigenvalue weighted by Gasteiger charge is 2.50. The third kappa shape index (κ3) is 6.92. The van der Waals surface area contributed by atoms with Gasteiger partial charge in [0.15, 0.2) is 12.6 Å². The van der Waals surface area contributed by atoms with Crippen LogP contribution in [0.2, 0.25) is 0 Å². The van der Waals surface area contributed by atoms with Gasteiger partial charge in [0.1, 0.15) is 48.8 Å². The smallest absolute Gasteiger partial charge is 0.337 e. The van der Waals surface area contributed by atoms with Crippen LogP contribution < -0.4 is 0 Å². The van der Waals surface area contributed by atoms with Gasteiger partial charge in [-0.2, -0.15) is 0 Å². The number of methoxy groups -OCH3 is 1. The maximum absolute atomic E-state index is 13.2. The maximum atomic E-state index is 13.2. The Labute approximate surface area is 292 Å². The number of carbonyl (C=O) groups is 2. The predicted molar refractivity (Wildman–Crippen MR) is 172 cm³/mol. The normalized spacial score (nSPS) is 38.5. The van der Waals surface area contributed by atoms with Gasteiger partial charge in [0.05, 0.1) is 44.6 Å². The zero-order chi connectivity index (χ0) is 36.7. The van der Waals surface area contributed by atoms with Crippen molar-refractivity contribution < 1.29 is 73.8 Å². The van der Waals surface area contributed by atoms with Crippen LogP contribution in [0.15, 0.2) is 48.8 Å². The molecule has 6 rings (SSSR count). The number of aliphatic hydroxyl groups excluding tert-OH is 7. The highest BCUT2D eigenvalue weighted by atomic mass is 16.8. The van der Waals surface area contributed by atoms with Crippen molar-refractivity contribution >= 4 is 22.8 Å². The summed E-state index contributed by atoms with van der Waals surface area (Å²) in [6.07, 6.45) is -14.4. The van der Waals surface area contributed by atoms with Gasteiger partial charge in [-0.3, -0.25) is 4.79 Å². The second kappa shape index (κ2) is 15.3. The molecular weight excluding hydrogens is 676 g/mol. The average molecular weight is 721 g/mol. The Morgan fingerprint density at radius 1 is 0.980 bits per heavy atom. The number of rotatable bonds is 10. The van der Waals surface area contributed by atoms with Crippen LogP contribution in [-0.2, 0) is 44.4 Å². The van der Waals surface area contributed by atoms with Gasteiger partial charge < -0.3 is 74.1 Å². The molecular formula is C34H44N2O15. The lowest BCUT2D eigenvalue weighted by molar-refractivity contribution is -0.352. The van der Waals surface area contributed by atoms with Crippen LogP contribution in [0.3, 0.4) is 0 Å². The van der Waals surface area contributed by atoms with Crippen LogP contribution in [0.25, 0.3) is 10.9 Å². The highest BCUT2D eigenvalue weighted by Crippen LogP contribution is 2.44. The molecule has 0 unspecified atom stereocenters. The second-order valence-corrected chi connectivity index (χ2v) is 13.2. The number of aliphatic hydroxyl groups is 7. The van der Waals surface area contributed by atoms with E-state index in [0.717, 1.165) is 22.2 Å². The fourth-order valence-electron chi connectivity index (χ4n) is 7.26. The van der Waals surface area contributed by atoms with Gasteiger partial charge in [0, 0.05) is 35.5 Å². The van der Waals surface area contributed by atoms with E-state index in [9.17, 15) is 45.3 Å². The maximum Gasteiger partial charge on any atom is 0.337 e. The van der Waals surface area contributed by atoms with Gasteiger partial charge in [-0.25, -0.2) is 4.79 Å². The van der Waals surface area contributed by atoms with E-state index in [2.05, 4.69) is 11.6 Å². The van der Waals surface area contributed by atoms with Crippen molar-refractivity contribution in [2.75, 3.05) is 27.4 Å². The Bertz CT molecular complexity index is 1610. The Morgan fingerprint density at radius 3 is 2.33 bits per heavy atom. The molecule has 17 heteroatoms. The molecule has 14 atom stereocenters. The van der Waals surface area contributed by atoms with E-state index in [1.807, 2.05) is 24.3 Å². The predicted octanol–water partition coefficient (Wildman–Crippen LogP) is -1.91. The molecule has 0 saturated carbocycles. The van der Waals surface area contributed by atoms with Gasteiger partial charge in [0.2, 0.25) is 12.2 Å². The summed E-state index contributed by atoms with van der Waals surface area (Å²) < 4.78 is 33.6. The highest BCUT2D eigenvalue weighted by molar-refractivity contribution is 5.92. The number of para-hydroxylation sites is 1. The number of ether oxygens (including phenoxy) is 6. The number of hydrogen-bond acceptors (Lipinski definition) is 15. The number of esters is 1. The molecule has 2 saturated heterocycles. The van der Waals surface area contributed by atoms with Gasteiger partial charge in [-0.05, 0) is 18.1 Å². The Balaban J connectivity index is 1.22. The average Bonchev–Trinajstić information content (AvgIpc) is 3.50. The molecule has 0 aliphatic carbocycles. The summed E-state index contributed by atoms with van der Waals surface area (Å²) in [7, 11) is 2.91. The first-order valence-electron chi connectivity index (χ1n) is 16.6. The van der Waals surface area contributed by atoms with E-state index in [-0.39, 0.29) is 24.3 Å². The van der Waals surface area contributed by atoms with Crippen LogP contribution in [0, 0.1) is 11.8 Å². The number of amides is 1. The third-order valence-corrected chi connectivity index (χ3v) is 10.3. The molecule has 0 bridgehead atoms. The SMILES string of the molecule is C=C[C@H]1[C@H](O[C@@H]2O[C@H](CO[C@H]3O[C@H](CO)[C@@H](O)[C@H](O)[C@H]3O)[C@@H](O)[C@H](O)[C@H]2O)OC=C(C(=O)OC)[C@H]1C[C@@H]1c2[nH]c3ccccc3c2CC(=O)N1C. The Morgan fingerprint density at radius 2 is 1.65 bits per heavy atom. The molecule has 280 valence electrons. The third-order valence-electron chi connectivity index (χ3n) is 10.3. The van der Waals surface area contributed by atoms with E-state index in [1.54, 1.807) is 11.9 Å². The lowest BCUT2D eigenvalue weighted by atomic mass is 9.77. The molecule has 4 aliphatic rings. The molecule has 2 fully saturated rings. The molecule has 4 aliphatic heterocycles. The largest absolute Gasteiger partial charge is 0.471 e. The summed E-state index contributed by atoms with van der Waals surface area (Å²) in [6.45, 7) is 2.69. The number of nitrogens with zero attached hydrogens (tertiary/aromatic N) is 1. The van der Waals surface area contributed by atoms with Crippen molar-refractivity contribution in [3.63, 3.8) is 0 Å². The Hall–Kier alpha value is -3.46. The molecule has 1 aromatic carbocycles. The van der Waals surface area contributed by atoms with Crippen LogP contribution >= 0.6 is 0 Å². The molecule has 1 aromatic heterocycles. The molecule has 5 heterocycles. The van der Waals surface area contributed by atoms with Crippen molar-refractivity contribution in [3.8, 4) is 0 Å². The van der Waals surface area contributed by atoms with Crippen LogP contribution in [-0.4, -0.2) is 153 Å². The van der Waals surface area contributed by atoms with Crippen molar-refractivity contribution in [3.05, 3.63) is 60.0 Å². The number of fused-ring (bicyclic) bond motifs is 3. The molecule has 0 radical (unpaired) electrons. The summed E-state index contributed by atoms with van der Waals surface area (Å²) in [5, 5.41) is 73.2. The minimum Gasteiger partial charge on any atom is -0.471 e. The number of nitrogens with one attached hydrogen (secondary N) is 1. The van der Waals surface area contributed by atoms with Gasteiger partial charge in [-0.1, -0.05) is 24.3 Å². The summed E-state index contributed by atoms with van der Waals surface area (Å²) in [6, 6.07) is 7.13. The molecule has 8 N–H and O–H groups in total. The van der Waals surface area contributed by atoms with Crippen molar-refractivity contribution in [2.45, 2.75) is 86.6 Å². The quantitative estimate of drug-likeness (QED) is 0.0985. The fraction of sp³-hybridized carbons (Fsp3) is 0.588. The molecule has 0 spiro atoms. The summed E-state index contributed by atoms with van der Waals surface area (Å²) in [4.78, 5) is 31.3. The lowest BCUT2D eigenvalue weighted by Crippen LogP contribution is -2.62. The van der Waals surface area contributed by atoms with Crippen LogP contribution in [0.4, 0.5) is 0 Å². The summed E-state index contributed by atoms with van der Waals surface area (Å²) in [5.41, 5.74) is 2.69. The fourth-order valence-corrected chi connectivity index (χ4v) is 7.26. The van der Waals surface area contributed by atoms with Crippen molar-refractivity contribution in [2.24, 2.45) is 11.8 Å². The topological polar surface area (TPSA) is 250 Å². The van der Waals surface area contributed by atoms with Gasteiger partial charge in [-0.15, -0.1) is 6.58 Å². The molecule has 51 heavy (non-hydrogen) atoms. The number of aromatic amines is 1. The molecule has 17 nitrogen and oxygen atoms in total. The van der Waals surface area contributed by atoms with E-state index in [4.69, 9.17) is 28.4 Å². The minimum atomic E-state index is -1.81. The number of carbonyl (C=O) groups excluding carboxylic acids is 2. The number of hydrogen-bond donors (Lipinski definition) is 8. The number of benzene rings is 1. The first kappa shape index (κ1) is 37.3. The molecule has 1 amide bonds. The van der Waals surface area contributed by atoms with Crippen molar-refractivity contribution in [1.29, 1.82) is 0 Å². The number of likely N-dealkylation sites (N-methyl/N-ethyl adjacent to an activating group) is 1. The zero-order valence-corrected chi connectivity index (χ0v) is 27.9. The second-order valence-electron chi connectivity index (χ2n) is 13.2. The summed E-state index contributed by atoms with van der Waals surface area (Å²) >= 11 is 0. The van der Waals surface area contributed by atoms with Gasteiger partial charge >= 0.3 is 5.97 Å².